The van der Waals surface area contributed by atoms with Crippen molar-refractivity contribution in [2.75, 3.05) is 39.9 Å². The van der Waals surface area contributed by atoms with E-state index < -0.39 is 0 Å². The molecule has 5 nitrogen and oxygen atoms in total. The molecule has 26 heavy (non-hydrogen) atoms. The highest BCUT2D eigenvalue weighted by Gasteiger charge is 2.21. The Labute approximate surface area is 158 Å². The fraction of sp³-hybridized carbons (Fsp3) is 0.667. The van der Waals surface area contributed by atoms with Crippen molar-refractivity contribution in [1.29, 1.82) is 0 Å². The molecule has 0 unspecified atom stereocenters. The zero-order chi connectivity index (χ0) is 18.2. The number of benzene rings is 1. The summed E-state index contributed by atoms with van der Waals surface area (Å²) >= 11 is 0. The van der Waals surface area contributed by atoms with Gasteiger partial charge in [-0.3, -0.25) is 9.89 Å². The van der Waals surface area contributed by atoms with Gasteiger partial charge >= 0.3 is 0 Å². The van der Waals surface area contributed by atoms with E-state index in [0.717, 1.165) is 64.1 Å². The fourth-order valence-electron chi connectivity index (χ4n) is 3.43. The van der Waals surface area contributed by atoms with Gasteiger partial charge in [0, 0.05) is 45.9 Å². The van der Waals surface area contributed by atoms with Crippen LogP contribution in [0.1, 0.15) is 36.8 Å². The maximum atomic E-state index is 5.67. The number of aliphatic imine (C=N–C) groups is 1. The summed E-state index contributed by atoms with van der Waals surface area (Å²) < 4.78 is 5.67. The molecular formula is C21H34N4O. The number of hydrogen-bond acceptors (Lipinski definition) is 3. The number of aryl methyl sites for hydroxylation is 1. The van der Waals surface area contributed by atoms with Crippen LogP contribution in [0.15, 0.2) is 29.3 Å². The predicted octanol–water partition coefficient (Wildman–Crippen LogP) is 2.55. The maximum absolute atomic E-state index is 5.67. The van der Waals surface area contributed by atoms with E-state index in [1.54, 1.807) is 0 Å². The van der Waals surface area contributed by atoms with Crippen LogP contribution in [0.25, 0.3) is 0 Å². The Kier molecular flexibility index (Phi) is 7.32. The zero-order valence-electron chi connectivity index (χ0n) is 16.3. The lowest BCUT2D eigenvalue weighted by Gasteiger charge is -2.33. The van der Waals surface area contributed by atoms with Crippen molar-refractivity contribution in [3.8, 4) is 0 Å². The largest absolute Gasteiger partial charge is 0.379 e. The summed E-state index contributed by atoms with van der Waals surface area (Å²) in [6.07, 6.45) is 5.01. The Morgan fingerprint density at radius 1 is 1.19 bits per heavy atom. The maximum Gasteiger partial charge on any atom is 0.191 e. The summed E-state index contributed by atoms with van der Waals surface area (Å²) in [5.41, 5.74) is 2.84. The van der Waals surface area contributed by atoms with Gasteiger partial charge in [0.25, 0.3) is 0 Å². The molecule has 144 valence electrons. The third-order valence-electron chi connectivity index (χ3n) is 5.40. The normalized spacial score (nSPS) is 19.5. The van der Waals surface area contributed by atoms with Gasteiger partial charge in [0.05, 0.1) is 6.61 Å². The summed E-state index contributed by atoms with van der Waals surface area (Å²) in [5.74, 6) is 1.73. The van der Waals surface area contributed by atoms with Crippen molar-refractivity contribution in [3.05, 3.63) is 35.4 Å². The van der Waals surface area contributed by atoms with Gasteiger partial charge < -0.3 is 15.4 Å². The van der Waals surface area contributed by atoms with Crippen LogP contribution in [0, 0.1) is 12.8 Å². The van der Waals surface area contributed by atoms with Crippen molar-refractivity contribution in [2.45, 2.75) is 45.2 Å². The number of nitrogens with one attached hydrogen (secondary N) is 2. The second kappa shape index (κ2) is 9.93. The second-order valence-electron chi connectivity index (χ2n) is 7.64. The van der Waals surface area contributed by atoms with E-state index in [2.05, 4.69) is 51.7 Å². The molecule has 1 saturated carbocycles. The molecule has 1 aliphatic carbocycles. The average Bonchev–Trinajstić information content (AvgIpc) is 3.48. The van der Waals surface area contributed by atoms with Gasteiger partial charge in [-0.05, 0) is 49.7 Å². The molecule has 0 amide bonds. The van der Waals surface area contributed by atoms with Crippen LogP contribution in [0.4, 0.5) is 0 Å². The van der Waals surface area contributed by atoms with Crippen molar-refractivity contribution < 1.29 is 4.74 Å². The van der Waals surface area contributed by atoms with Crippen molar-refractivity contribution in [1.82, 2.24) is 15.5 Å². The number of guanidine groups is 1. The summed E-state index contributed by atoms with van der Waals surface area (Å²) in [4.78, 5) is 6.91. The molecule has 3 rings (SSSR count). The van der Waals surface area contributed by atoms with Crippen LogP contribution in [-0.2, 0) is 11.3 Å². The van der Waals surface area contributed by atoms with Crippen molar-refractivity contribution >= 4 is 5.96 Å². The molecular weight excluding hydrogens is 324 g/mol. The molecule has 5 heteroatoms. The number of piperidine rings is 1. The van der Waals surface area contributed by atoms with E-state index in [-0.39, 0.29) is 0 Å². The highest BCUT2D eigenvalue weighted by molar-refractivity contribution is 5.79. The topological polar surface area (TPSA) is 48.9 Å². The van der Waals surface area contributed by atoms with Crippen molar-refractivity contribution in [2.24, 2.45) is 10.9 Å². The Balaban J connectivity index is 1.32. The quantitative estimate of drug-likeness (QED) is 0.426. The van der Waals surface area contributed by atoms with Crippen LogP contribution < -0.4 is 10.6 Å². The second-order valence-corrected chi connectivity index (χ2v) is 7.64. The average molecular weight is 359 g/mol. The van der Waals surface area contributed by atoms with Gasteiger partial charge in [-0.2, -0.15) is 0 Å². The van der Waals surface area contributed by atoms with Gasteiger partial charge in [0.2, 0.25) is 0 Å². The summed E-state index contributed by atoms with van der Waals surface area (Å²) in [7, 11) is 1.84. The monoisotopic (exact) mass is 358 g/mol. The van der Waals surface area contributed by atoms with Crippen LogP contribution in [-0.4, -0.2) is 56.8 Å². The molecule has 0 spiro atoms. The molecule has 2 N–H and O–H groups in total. The van der Waals surface area contributed by atoms with E-state index in [1.165, 1.54) is 24.0 Å². The first-order chi connectivity index (χ1) is 12.7. The first kappa shape index (κ1) is 19.2. The van der Waals surface area contributed by atoms with Crippen LogP contribution in [0.5, 0.6) is 0 Å². The Morgan fingerprint density at radius 2 is 1.96 bits per heavy atom. The molecule has 2 aliphatic rings. The van der Waals surface area contributed by atoms with Crippen LogP contribution in [0.2, 0.25) is 0 Å². The lowest BCUT2D eigenvalue weighted by atomic mass is 10.0. The van der Waals surface area contributed by atoms with E-state index >= 15 is 0 Å². The molecule has 0 bridgehead atoms. The van der Waals surface area contributed by atoms with Crippen LogP contribution >= 0.6 is 0 Å². The van der Waals surface area contributed by atoms with Gasteiger partial charge in [-0.25, -0.2) is 0 Å². The molecule has 0 atom stereocenters. The molecule has 0 aromatic heterocycles. The van der Waals surface area contributed by atoms with E-state index in [4.69, 9.17) is 4.74 Å². The number of ether oxygens (including phenoxy) is 1. The zero-order valence-corrected chi connectivity index (χ0v) is 16.3. The standard InChI is InChI=1S/C21H34N4O/c1-17-5-3-4-6-19(17)15-25-12-9-20(10-13-25)24-21(22-2)23-11-14-26-16-18-7-8-18/h3-6,18,20H,7-16H2,1-2H3,(H2,22,23,24). The number of likely N-dealkylation sites (tertiary alicyclic amines) is 1. The first-order valence-corrected chi connectivity index (χ1v) is 10.1. The van der Waals surface area contributed by atoms with Crippen LogP contribution in [0.3, 0.4) is 0 Å². The third kappa shape index (κ3) is 6.29. The lowest BCUT2D eigenvalue weighted by Crippen LogP contribution is -2.49. The molecule has 1 saturated heterocycles. The Hall–Kier alpha value is -1.59. The van der Waals surface area contributed by atoms with Gasteiger partial charge in [-0.1, -0.05) is 24.3 Å². The number of rotatable bonds is 8. The molecule has 1 aromatic rings. The molecule has 1 heterocycles. The SMILES string of the molecule is CN=C(NCCOCC1CC1)NC1CCN(Cc2ccccc2C)CC1. The van der Waals surface area contributed by atoms with E-state index in [1.807, 2.05) is 7.05 Å². The smallest absolute Gasteiger partial charge is 0.191 e. The number of nitrogens with zero attached hydrogens (tertiary/aromatic N) is 2. The predicted molar refractivity (Wildman–Crippen MR) is 108 cm³/mol. The fourth-order valence-corrected chi connectivity index (χ4v) is 3.43. The summed E-state index contributed by atoms with van der Waals surface area (Å²) in [6, 6.07) is 9.21. The number of hydrogen-bond donors (Lipinski definition) is 2. The summed E-state index contributed by atoms with van der Waals surface area (Å²) in [5, 5.41) is 6.94. The molecule has 2 fully saturated rings. The minimum Gasteiger partial charge on any atom is -0.379 e. The summed E-state index contributed by atoms with van der Waals surface area (Å²) in [6.45, 7) is 8.02. The molecule has 1 aliphatic heterocycles. The lowest BCUT2D eigenvalue weighted by molar-refractivity contribution is 0.129. The first-order valence-electron chi connectivity index (χ1n) is 10.1. The minimum absolute atomic E-state index is 0.502. The minimum atomic E-state index is 0.502. The highest BCUT2D eigenvalue weighted by atomic mass is 16.5. The van der Waals surface area contributed by atoms with E-state index in [0.29, 0.717) is 6.04 Å². The molecule has 0 radical (unpaired) electrons. The molecule has 1 aromatic carbocycles. The van der Waals surface area contributed by atoms with E-state index in [9.17, 15) is 0 Å². The van der Waals surface area contributed by atoms with Gasteiger partial charge in [-0.15, -0.1) is 0 Å². The highest BCUT2D eigenvalue weighted by Crippen LogP contribution is 2.28. The Morgan fingerprint density at radius 3 is 2.65 bits per heavy atom. The van der Waals surface area contributed by atoms with Crippen molar-refractivity contribution in [3.63, 3.8) is 0 Å². The van der Waals surface area contributed by atoms with Gasteiger partial charge in [0.15, 0.2) is 5.96 Å². The van der Waals surface area contributed by atoms with Gasteiger partial charge in [0.1, 0.15) is 0 Å². The third-order valence-corrected chi connectivity index (χ3v) is 5.40. The Bertz CT molecular complexity index is 577.